The van der Waals surface area contributed by atoms with Crippen molar-refractivity contribution in [3.63, 3.8) is 0 Å². The van der Waals surface area contributed by atoms with Crippen LogP contribution in [0.5, 0.6) is 0 Å². The first-order chi connectivity index (χ1) is 10.6. The first kappa shape index (κ1) is 14.1. The number of benzene rings is 1. The summed E-state index contributed by atoms with van der Waals surface area (Å²) in [5, 5.41) is 11.8. The number of amides is 1. The lowest BCUT2D eigenvalue weighted by molar-refractivity contribution is -0.117. The average molecular weight is 295 g/mol. The smallest absolute Gasteiger partial charge is 0.228 e. The summed E-state index contributed by atoms with van der Waals surface area (Å²) in [6.07, 6.45) is 6.08. The number of nitrogens with zero attached hydrogens (tertiary/aromatic N) is 1. The number of fused-ring (bicyclic) bond motifs is 1. The van der Waals surface area contributed by atoms with Crippen LogP contribution < -0.4 is 16.8 Å². The largest absolute Gasteiger partial charge is 0.404 e. The summed E-state index contributed by atoms with van der Waals surface area (Å²) in [6.45, 7) is 0. The lowest BCUT2D eigenvalue weighted by atomic mass is 10.0. The minimum Gasteiger partial charge on any atom is -0.404 e. The standard InChI is InChI=1S/C16H17N5O/c17-6-12(7-18)10-3-11-5-15(21-16(22)9-1-2-9)20-8-13(11)14(19)4-10/h3-9,17H,1-2,18-19H2,(H,20,21,22)/b12-7+,17-6?. The van der Waals surface area contributed by atoms with Gasteiger partial charge >= 0.3 is 0 Å². The second-order valence-electron chi connectivity index (χ2n) is 5.39. The first-order valence-corrected chi connectivity index (χ1v) is 7.05. The highest BCUT2D eigenvalue weighted by molar-refractivity contribution is 6.10. The molecule has 6 heteroatoms. The Morgan fingerprint density at radius 2 is 2.14 bits per heavy atom. The lowest BCUT2D eigenvalue weighted by Crippen LogP contribution is -2.14. The fourth-order valence-corrected chi connectivity index (χ4v) is 2.32. The van der Waals surface area contributed by atoms with E-state index >= 15 is 0 Å². The zero-order chi connectivity index (χ0) is 15.7. The summed E-state index contributed by atoms with van der Waals surface area (Å²) in [5.41, 5.74) is 13.5. The van der Waals surface area contributed by atoms with E-state index in [0.29, 0.717) is 17.1 Å². The van der Waals surface area contributed by atoms with Gasteiger partial charge in [0.05, 0.1) is 0 Å². The van der Waals surface area contributed by atoms with Gasteiger partial charge in [0, 0.05) is 41.2 Å². The normalized spacial score (nSPS) is 14.8. The van der Waals surface area contributed by atoms with E-state index in [1.54, 1.807) is 18.3 Å². The number of rotatable bonds is 4. The molecule has 0 unspecified atom stereocenters. The summed E-state index contributed by atoms with van der Waals surface area (Å²) in [6, 6.07) is 5.42. The third-order valence-corrected chi connectivity index (χ3v) is 3.74. The van der Waals surface area contributed by atoms with Crippen molar-refractivity contribution in [2.45, 2.75) is 12.8 Å². The molecular weight excluding hydrogens is 278 g/mol. The number of pyridine rings is 1. The molecule has 1 saturated carbocycles. The van der Waals surface area contributed by atoms with Crippen LogP contribution in [-0.4, -0.2) is 17.1 Å². The molecule has 1 aromatic heterocycles. The third kappa shape index (κ3) is 2.63. The van der Waals surface area contributed by atoms with Gasteiger partial charge in [-0.2, -0.15) is 0 Å². The van der Waals surface area contributed by atoms with Crippen LogP contribution >= 0.6 is 0 Å². The Balaban J connectivity index is 2.01. The molecule has 2 aromatic rings. The number of anilines is 2. The molecule has 0 radical (unpaired) electrons. The predicted molar refractivity (Wildman–Crippen MR) is 88.5 cm³/mol. The molecule has 1 aliphatic carbocycles. The van der Waals surface area contributed by atoms with E-state index < -0.39 is 0 Å². The van der Waals surface area contributed by atoms with Crippen molar-refractivity contribution in [2.75, 3.05) is 11.1 Å². The maximum absolute atomic E-state index is 11.8. The Labute approximate surface area is 127 Å². The van der Waals surface area contributed by atoms with Crippen LogP contribution in [0.4, 0.5) is 11.5 Å². The number of carbonyl (C=O) groups is 1. The molecule has 6 N–H and O–H groups in total. The van der Waals surface area contributed by atoms with Crippen LogP contribution in [0.1, 0.15) is 18.4 Å². The molecule has 3 rings (SSSR count). The van der Waals surface area contributed by atoms with E-state index in [1.807, 2.05) is 6.07 Å². The average Bonchev–Trinajstić information content (AvgIpc) is 3.33. The van der Waals surface area contributed by atoms with Gasteiger partial charge in [0.1, 0.15) is 5.82 Å². The third-order valence-electron chi connectivity index (χ3n) is 3.74. The predicted octanol–water partition coefficient (Wildman–Crippen LogP) is 2.11. The summed E-state index contributed by atoms with van der Waals surface area (Å²) in [5.74, 6) is 0.644. The zero-order valence-corrected chi connectivity index (χ0v) is 12.0. The quantitative estimate of drug-likeness (QED) is 0.510. The van der Waals surface area contributed by atoms with Crippen LogP contribution in [0.3, 0.4) is 0 Å². The lowest BCUT2D eigenvalue weighted by Gasteiger charge is -2.09. The molecule has 0 aliphatic heterocycles. The molecule has 1 aliphatic rings. The maximum atomic E-state index is 11.8. The van der Waals surface area contributed by atoms with E-state index in [2.05, 4.69) is 10.3 Å². The van der Waals surface area contributed by atoms with Crippen molar-refractivity contribution < 1.29 is 4.79 Å². The summed E-state index contributed by atoms with van der Waals surface area (Å²) >= 11 is 0. The number of nitrogen functional groups attached to an aromatic ring is 1. The number of nitrogens with two attached hydrogens (primary N) is 2. The van der Waals surface area contributed by atoms with E-state index in [4.69, 9.17) is 16.9 Å². The van der Waals surface area contributed by atoms with Gasteiger partial charge in [-0.15, -0.1) is 0 Å². The van der Waals surface area contributed by atoms with Crippen molar-refractivity contribution in [3.8, 4) is 0 Å². The van der Waals surface area contributed by atoms with E-state index in [9.17, 15) is 4.79 Å². The van der Waals surface area contributed by atoms with Crippen molar-refractivity contribution >= 4 is 40.0 Å². The van der Waals surface area contributed by atoms with Crippen LogP contribution in [0, 0.1) is 11.3 Å². The Morgan fingerprint density at radius 3 is 2.77 bits per heavy atom. The summed E-state index contributed by atoms with van der Waals surface area (Å²) in [7, 11) is 0. The number of hydrogen-bond acceptors (Lipinski definition) is 5. The molecule has 1 aromatic carbocycles. The highest BCUT2D eigenvalue weighted by Gasteiger charge is 2.29. The fourth-order valence-electron chi connectivity index (χ4n) is 2.32. The molecule has 0 spiro atoms. The Morgan fingerprint density at radius 1 is 1.36 bits per heavy atom. The highest BCUT2D eigenvalue weighted by atomic mass is 16.2. The minimum absolute atomic E-state index is 0.0120. The molecule has 1 fully saturated rings. The monoisotopic (exact) mass is 295 g/mol. The number of allylic oxidation sites excluding steroid dienone is 1. The highest BCUT2D eigenvalue weighted by Crippen LogP contribution is 2.31. The molecule has 112 valence electrons. The van der Waals surface area contributed by atoms with Gasteiger partial charge in [0.15, 0.2) is 0 Å². The molecule has 0 atom stereocenters. The van der Waals surface area contributed by atoms with Crippen molar-refractivity contribution in [3.05, 3.63) is 36.2 Å². The molecule has 1 amide bonds. The Bertz CT molecular complexity index is 792. The first-order valence-electron chi connectivity index (χ1n) is 7.05. The molecule has 0 saturated heterocycles. The number of carbonyl (C=O) groups excluding carboxylic acids is 1. The molecule has 1 heterocycles. The summed E-state index contributed by atoms with van der Waals surface area (Å²) < 4.78 is 0. The van der Waals surface area contributed by atoms with Crippen molar-refractivity contribution in [1.82, 2.24) is 4.98 Å². The van der Waals surface area contributed by atoms with Crippen LogP contribution in [0.15, 0.2) is 30.6 Å². The van der Waals surface area contributed by atoms with Crippen LogP contribution in [0.25, 0.3) is 16.3 Å². The second kappa shape index (κ2) is 5.48. The maximum Gasteiger partial charge on any atom is 0.228 e. The van der Waals surface area contributed by atoms with Gasteiger partial charge in [-0.3, -0.25) is 4.79 Å². The molecule has 0 bridgehead atoms. The van der Waals surface area contributed by atoms with Crippen molar-refractivity contribution in [2.24, 2.45) is 11.7 Å². The zero-order valence-electron chi connectivity index (χ0n) is 12.0. The second-order valence-corrected chi connectivity index (χ2v) is 5.39. The molecule has 6 nitrogen and oxygen atoms in total. The Hall–Kier alpha value is -2.89. The van der Waals surface area contributed by atoms with Gasteiger partial charge in [0.2, 0.25) is 5.91 Å². The minimum atomic E-state index is 0.0120. The number of aromatic nitrogens is 1. The van der Waals surface area contributed by atoms with Gasteiger partial charge in [-0.25, -0.2) is 4.98 Å². The topological polar surface area (TPSA) is 118 Å². The van der Waals surface area contributed by atoms with Gasteiger partial charge < -0.3 is 22.2 Å². The Kier molecular flexibility index (Phi) is 3.50. The van der Waals surface area contributed by atoms with E-state index in [0.717, 1.165) is 29.2 Å². The molecule has 22 heavy (non-hydrogen) atoms. The van der Waals surface area contributed by atoms with Gasteiger partial charge in [-0.1, -0.05) is 0 Å². The van der Waals surface area contributed by atoms with E-state index in [1.165, 1.54) is 12.4 Å². The summed E-state index contributed by atoms with van der Waals surface area (Å²) in [4.78, 5) is 16.1. The SMILES string of the molecule is N=C/C(=C\N)c1cc(N)c2cnc(NC(=O)C3CC3)cc2c1. The van der Waals surface area contributed by atoms with Crippen LogP contribution in [-0.2, 0) is 4.79 Å². The van der Waals surface area contributed by atoms with Gasteiger partial charge in [0.25, 0.3) is 0 Å². The van der Waals surface area contributed by atoms with Crippen LogP contribution in [0.2, 0.25) is 0 Å². The van der Waals surface area contributed by atoms with Crippen molar-refractivity contribution in [1.29, 1.82) is 5.41 Å². The molecular formula is C16H17N5O. The number of nitrogens with one attached hydrogen (secondary N) is 2. The fraction of sp³-hybridized carbons (Fsp3) is 0.188. The van der Waals surface area contributed by atoms with E-state index in [-0.39, 0.29) is 11.8 Å². The van der Waals surface area contributed by atoms with Gasteiger partial charge in [-0.05, 0) is 42.0 Å². The number of hydrogen-bond donors (Lipinski definition) is 4.